The zero-order valence-corrected chi connectivity index (χ0v) is 15.6. The SMILES string of the molecule is C=C(c1cccc(OC(C)C)c1)c1c(N)ncc(I)c1Br. The molecule has 5 heteroatoms. The Bertz CT molecular complexity index is 686. The van der Waals surface area contributed by atoms with E-state index < -0.39 is 0 Å². The summed E-state index contributed by atoms with van der Waals surface area (Å²) in [4.78, 5) is 4.21. The fourth-order valence-electron chi connectivity index (χ4n) is 1.94. The van der Waals surface area contributed by atoms with Crippen LogP contribution in [0.5, 0.6) is 5.75 Å². The molecule has 110 valence electrons. The van der Waals surface area contributed by atoms with Gasteiger partial charge in [-0.15, -0.1) is 0 Å². The maximum Gasteiger partial charge on any atom is 0.132 e. The predicted molar refractivity (Wildman–Crippen MR) is 99.4 cm³/mol. The predicted octanol–water partition coefficient (Wildman–Crippen LogP) is 4.88. The molecule has 21 heavy (non-hydrogen) atoms. The van der Waals surface area contributed by atoms with Crippen molar-refractivity contribution in [2.24, 2.45) is 0 Å². The highest BCUT2D eigenvalue weighted by atomic mass is 127. The fraction of sp³-hybridized carbons (Fsp3) is 0.188. The van der Waals surface area contributed by atoms with E-state index in [9.17, 15) is 0 Å². The molecule has 1 heterocycles. The van der Waals surface area contributed by atoms with E-state index in [-0.39, 0.29) is 6.10 Å². The van der Waals surface area contributed by atoms with Gasteiger partial charge in [0.15, 0.2) is 0 Å². The molecule has 0 radical (unpaired) electrons. The van der Waals surface area contributed by atoms with Gasteiger partial charge in [-0.1, -0.05) is 18.7 Å². The third-order valence-electron chi connectivity index (χ3n) is 2.86. The number of hydrogen-bond donors (Lipinski definition) is 1. The molecule has 2 aromatic rings. The zero-order chi connectivity index (χ0) is 15.6. The zero-order valence-electron chi connectivity index (χ0n) is 11.9. The second-order valence-corrected chi connectivity index (χ2v) is 6.81. The highest BCUT2D eigenvalue weighted by Crippen LogP contribution is 2.35. The summed E-state index contributed by atoms with van der Waals surface area (Å²) < 4.78 is 7.63. The minimum atomic E-state index is 0.129. The smallest absolute Gasteiger partial charge is 0.132 e. The Labute approximate surface area is 146 Å². The van der Waals surface area contributed by atoms with Crippen molar-refractivity contribution < 1.29 is 4.74 Å². The molecular formula is C16H16BrIN2O. The van der Waals surface area contributed by atoms with E-state index in [0.717, 1.165) is 30.5 Å². The Balaban J connectivity index is 2.43. The summed E-state index contributed by atoms with van der Waals surface area (Å²) in [7, 11) is 0. The fourth-order valence-corrected chi connectivity index (χ4v) is 2.89. The van der Waals surface area contributed by atoms with E-state index in [0.29, 0.717) is 5.82 Å². The molecule has 2 N–H and O–H groups in total. The van der Waals surface area contributed by atoms with E-state index in [2.05, 4.69) is 50.1 Å². The van der Waals surface area contributed by atoms with Crippen molar-refractivity contribution in [2.45, 2.75) is 20.0 Å². The van der Waals surface area contributed by atoms with Gasteiger partial charge in [0.2, 0.25) is 0 Å². The van der Waals surface area contributed by atoms with Crippen LogP contribution in [0.2, 0.25) is 0 Å². The van der Waals surface area contributed by atoms with Gasteiger partial charge in [-0.3, -0.25) is 0 Å². The lowest BCUT2D eigenvalue weighted by atomic mass is 10.00. The van der Waals surface area contributed by atoms with Gasteiger partial charge in [0.05, 0.1) is 6.10 Å². The summed E-state index contributed by atoms with van der Waals surface area (Å²) in [6.07, 6.45) is 1.86. The number of nitrogens with two attached hydrogens (primary N) is 1. The molecule has 3 nitrogen and oxygen atoms in total. The molecule has 0 spiro atoms. The highest BCUT2D eigenvalue weighted by molar-refractivity contribution is 14.1. The van der Waals surface area contributed by atoms with E-state index >= 15 is 0 Å². The summed E-state index contributed by atoms with van der Waals surface area (Å²) in [5, 5.41) is 0. The lowest BCUT2D eigenvalue weighted by Gasteiger charge is -2.14. The molecule has 1 aromatic carbocycles. The number of nitrogen functional groups attached to an aromatic ring is 1. The average molecular weight is 459 g/mol. The van der Waals surface area contributed by atoms with Gasteiger partial charge in [-0.2, -0.15) is 0 Å². The lowest BCUT2D eigenvalue weighted by molar-refractivity contribution is 0.242. The van der Waals surface area contributed by atoms with Crippen molar-refractivity contribution in [3.05, 3.63) is 56.2 Å². The van der Waals surface area contributed by atoms with Crippen molar-refractivity contribution in [3.63, 3.8) is 0 Å². The van der Waals surface area contributed by atoms with Gasteiger partial charge in [0, 0.05) is 19.8 Å². The third kappa shape index (κ3) is 3.77. The summed E-state index contributed by atoms with van der Waals surface area (Å²) >= 11 is 5.78. The normalized spacial score (nSPS) is 10.7. The molecule has 0 aliphatic rings. The number of hydrogen-bond acceptors (Lipinski definition) is 3. The molecule has 0 unspecified atom stereocenters. The molecule has 0 aliphatic carbocycles. The molecule has 0 atom stereocenters. The van der Waals surface area contributed by atoms with Gasteiger partial charge in [0.25, 0.3) is 0 Å². The number of halogens is 2. The topological polar surface area (TPSA) is 48.1 Å². The Morgan fingerprint density at radius 3 is 2.81 bits per heavy atom. The van der Waals surface area contributed by atoms with Crippen LogP contribution in [0.15, 0.2) is 41.5 Å². The summed E-state index contributed by atoms with van der Waals surface area (Å²) in [5.74, 6) is 1.28. The van der Waals surface area contributed by atoms with Crippen LogP contribution in [-0.4, -0.2) is 11.1 Å². The van der Waals surface area contributed by atoms with Gasteiger partial charge in [0.1, 0.15) is 11.6 Å². The van der Waals surface area contributed by atoms with Gasteiger partial charge >= 0.3 is 0 Å². The first-order valence-corrected chi connectivity index (χ1v) is 8.33. The van der Waals surface area contributed by atoms with Crippen molar-refractivity contribution in [1.29, 1.82) is 0 Å². The number of anilines is 1. The number of benzene rings is 1. The molecule has 0 amide bonds. The van der Waals surface area contributed by atoms with Crippen molar-refractivity contribution >= 4 is 49.9 Å². The Morgan fingerprint density at radius 1 is 1.43 bits per heavy atom. The second kappa shape index (κ2) is 6.79. The van der Waals surface area contributed by atoms with Gasteiger partial charge in [-0.05, 0) is 75.6 Å². The van der Waals surface area contributed by atoms with E-state index in [1.165, 1.54) is 0 Å². The quantitative estimate of drug-likeness (QED) is 0.664. The van der Waals surface area contributed by atoms with Crippen LogP contribution in [-0.2, 0) is 0 Å². The first kappa shape index (κ1) is 16.3. The van der Waals surface area contributed by atoms with Crippen LogP contribution in [0.3, 0.4) is 0 Å². The van der Waals surface area contributed by atoms with Crippen LogP contribution >= 0.6 is 38.5 Å². The maximum atomic E-state index is 6.01. The Kier molecular flexibility index (Phi) is 5.27. The summed E-state index contributed by atoms with van der Waals surface area (Å²) in [6.45, 7) is 8.17. The van der Waals surface area contributed by atoms with E-state index in [4.69, 9.17) is 10.5 Å². The molecular weight excluding hydrogens is 443 g/mol. The Hall–Kier alpha value is -1.08. The number of aromatic nitrogens is 1. The van der Waals surface area contributed by atoms with Crippen molar-refractivity contribution in [1.82, 2.24) is 4.98 Å². The minimum absolute atomic E-state index is 0.129. The molecule has 0 fully saturated rings. The van der Waals surface area contributed by atoms with Crippen LogP contribution < -0.4 is 10.5 Å². The monoisotopic (exact) mass is 458 g/mol. The van der Waals surface area contributed by atoms with Crippen LogP contribution in [0.4, 0.5) is 5.82 Å². The van der Waals surface area contributed by atoms with Crippen LogP contribution in [0.25, 0.3) is 5.57 Å². The second-order valence-electron chi connectivity index (χ2n) is 4.85. The summed E-state index contributed by atoms with van der Waals surface area (Å²) in [6, 6.07) is 7.83. The van der Waals surface area contributed by atoms with E-state index in [1.807, 2.05) is 38.1 Å². The number of ether oxygens (including phenoxy) is 1. The van der Waals surface area contributed by atoms with Crippen LogP contribution in [0, 0.1) is 3.57 Å². The molecule has 0 saturated heterocycles. The molecule has 0 saturated carbocycles. The lowest BCUT2D eigenvalue weighted by Crippen LogP contribution is -2.06. The standard InChI is InChI=1S/C16H16BrIN2O/c1-9(2)21-12-6-4-5-11(7-12)10(3)14-15(17)13(18)8-20-16(14)19/h4-9H,3H2,1-2H3,(H2,19,20). The largest absolute Gasteiger partial charge is 0.491 e. The number of rotatable bonds is 4. The maximum absolute atomic E-state index is 6.01. The van der Waals surface area contributed by atoms with Crippen molar-refractivity contribution in [3.8, 4) is 5.75 Å². The highest BCUT2D eigenvalue weighted by Gasteiger charge is 2.14. The average Bonchev–Trinajstić information content (AvgIpc) is 2.43. The first-order chi connectivity index (χ1) is 9.90. The molecule has 0 aliphatic heterocycles. The summed E-state index contributed by atoms with van der Waals surface area (Å²) in [5.41, 5.74) is 8.61. The van der Waals surface area contributed by atoms with Crippen LogP contribution in [0.1, 0.15) is 25.0 Å². The van der Waals surface area contributed by atoms with E-state index in [1.54, 1.807) is 6.20 Å². The minimum Gasteiger partial charge on any atom is -0.491 e. The van der Waals surface area contributed by atoms with Gasteiger partial charge < -0.3 is 10.5 Å². The third-order valence-corrected chi connectivity index (χ3v) is 5.24. The molecule has 1 aromatic heterocycles. The number of pyridine rings is 1. The van der Waals surface area contributed by atoms with Gasteiger partial charge in [-0.25, -0.2) is 4.98 Å². The number of nitrogens with zero attached hydrogens (tertiary/aromatic N) is 1. The molecule has 2 rings (SSSR count). The Morgan fingerprint density at radius 2 is 2.14 bits per heavy atom. The molecule has 0 bridgehead atoms. The van der Waals surface area contributed by atoms with Crippen molar-refractivity contribution in [2.75, 3.05) is 5.73 Å². The first-order valence-electron chi connectivity index (χ1n) is 6.46.